The van der Waals surface area contributed by atoms with E-state index in [-0.39, 0.29) is 47.5 Å². The Hall–Kier alpha value is -3.08. The maximum absolute atomic E-state index is 14.0. The third kappa shape index (κ3) is 3.62. The van der Waals surface area contributed by atoms with E-state index in [1.54, 1.807) is 0 Å². The van der Waals surface area contributed by atoms with Gasteiger partial charge >= 0.3 is 6.18 Å². The van der Waals surface area contributed by atoms with Crippen LogP contribution < -0.4 is 10.6 Å². The van der Waals surface area contributed by atoms with Crippen molar-refractivity contribution in [3.63, 3.8) is 0 Å². The maximum atomic E-state index is 14.0. The molecule has 0 spiro atoms. The zero-order valence-electron chi connectivity index (χ0n) is 16.1. The molecule has 1 unspecified atom stereocenters. The molecular formula is C20H16F5N3O3. The number of halogens is 5. The molecule has 2 amide bonds. The highest BCUT2D eigenvalue weighted by molar-refractivity contribution is 6.01. The van der Waals surface area contributed by atoms with Gasteiger partial charge in [-0.25, -0.2) is 8.78 Å². The molecule has 2 aromatic rings. The standard InChI is InChI=1S/C20H16F5N3O3/c1-19(20(23,24)25)12-6-15(26-7-10(12)8-31-19)18(30)27-14-3-2-9-4-11(21)5-13(22)16(9)28-17(14)29/h4-7,14H,2-3,8H2,1H3,(H,27,30)(H,28,29)/t14?,19-/m0/s1. The molecule has 0 fully saturated rings. The Bertz CT molecular complexity index is 1090. The van der Waals surface area contributed by atoms with E-state index in [0.717, 1.165) is 25.3 Å². The van der Waals surface area contributed by atoms with Gasteiger partial charge in [0, 0.05) is 23.4 Å². The summed E-state index contributed by atoms with van der Waals surface area (Å²) in [7, 11) is 0. The third-order valence-electron chi connectivity index (χ3n) is 5.50. The molecule has 1 aromatic carbocycles. The zero-order valence-corrected chi connectivity index (χ0v) is 16.1. The monoisotopic (exact) mass is 441 g/mol. The predicted molar refractivity (Wildman–Crippen MR) is 97.0 cm³/mol. The molecule has 164 valence electrons. The predicted octanol–water partition coefficient (Wildman–Crippen LogP) is 3.35. The van der Waals surface area contributed by atoms with Gasteiger partial charge in [0.1, 0.15) is 23.4 Å². The highest BCUT2D eigenvalue weighted by atomic mass is 19.4. The largest absolute Gasteiger partial charge is 0.421 e. The molecule has 2 aliphatic heterocycles. The number of hydrogen-bond donors (Lipinski definition) is 2. The van der Waals surface area contributed by atoms with Gasteiger partial charge in [-0.15, -0.1) is 0 Å². The van der Waals surface area contributed by atoms with Crippen molar-refractivity contribution >= 4 is 17.5 Å². The number of rotatable bonds is 2. The van der Waals surface area contributed by atoms with Gasteiger partial charge in [-0.3, -0.25) is 14.6 Å². The number of aromatic nitrogens is 1. The van der Waals surface area contributed by atoms with Crippen molar-refractivity contribution in [3.05, 3.63) is 58.4 Å². The van der Waals surface area contributed by atoms with Gasteiger partial charge in [0.05, 0.1) is 12.3 Å². The molecule has 2 N–H and O–H groups in total. The highest BCUT2D eigenvalue weighted by Crippen LogP contribution is 2.47. The molecule has 3 heterocycles. The fourth-order valence-electron chi connectivity index (χ4n) is 3.68. The van der Waals surface area contributed by atoms with Crippen molar-refractivity contribution in [3.8, 4) is 0 Å². The van der Waals surface area contributed by atoms with Crippen molar-refractivity contribution in [2.45, 2.75) is 44.2 Å². The van der Waals surface area contributed by atoms with Crippen molar-refractivity contribution in [1.29, 1.82) is 0 Å². The molecule has 31 heavy (non-hydrogen) atoms. The Kier molecular flexibility index (Phi) is 4.95. The lowest BCUT2D eigenvalue weighted by Crippen LogP contribution is -2.43. The number of nitrogens with one attached hydrogen (secondary N) is 2. The molecule has 1 aromatic heterocycles. The zero-order chi connectivity index (χ0) is 22.6. The van der Waals surface area contributed by atoms with E-state index in [0.29, 0.717) is 6.07 Å². The number of anilines is 1. The smallest absolute Gasteiger partial charge is 0.356 e. The van der Waals surface area contributed by atoms with E-state index < -0.39 is 41.3 Å². The van der Waals surface area contributed by atoms with Crippen LogP contribution in [-0.2, 0) is 28.2 Å². The Morgan fingerprint density at radius 1 is 1.26 bits per heavy atom. The van der Waals surface area contributed by atoms with Gasteiger partial charge in [0.2, 0.25) is 5.91 Å². The fraction of sp³-hybridized carbons (Fsp3) is 0.350. The van der Waals surface area contributed by atoms with Crippen LogP contribution in [0.3, 0.4) is 0 Å². The van der Waals surface area contributed by atoms with Gasteiger partial charge in [0.25, 0.3) is 5.91 Å². The summed E-state index contributed by atoms with van der Waals surface area (Å²) in [5.41, 5.74) is -2.87. The highest BCUT2D eigenvalue weighted by Gasteiger charge is 2.57. The molecule has 6 nitrogen and oxygen atoms in total. The minimum Gasteiger partial charge on any atom is -0.356 e. The van der Waals surface area contributed by atoms with Gasteiger partial charge in [-0.2, -0.15) is 13.2 Å². The van der Waals surface area contributed by atoms with E-state index >= 15 is 0 Å². The summed E-state index contributed by atoms with van der Waals surface area (Å²) in [6.45, 7) is 0.565. The Morgan fingerprint density at radius 2 is 2.00 bits per heavy atom. The first-order valence-corrected chi connectivity index (χ1v) is 9.29. The van der Waals surface area contributed by atoms with Crippen LogP contribution >= 0.6 is 0 Å². The molecule has 0 radical (unpaired) electrons. The number of carbonyl (C=O) groups excluding carboxylic acids is 2. The summed E-state index contributed by atoms with van der Waals surface area (Å²) >= 11 is 0. The van der Waals surface area contributed by atoms with E-state index in [1.807, 2.05) is 0 Å². The van der Waals surface area contributed by atoms with E-state index in [4.69, 9.17) is 4.74 Å². The van der Waals surface area contributed by atoms with Crippen LogP contribution in [0.4, 0.5) is 27.6 Å². The first-order chi connectivity index (χ1) is 14.5. The quantitative estimate of drug-likeness (QED) is 0.701. The summed E-state index contributed by atoms with van der Waals surface area (Å²) in [5, 5.41) is 4.71. The lowest BCUT2D eigenvalue weighted by Gasteiger charge is -2.27. The van der Waals surface area contributed by atoms with Crippen LogP contribution in [-0.4, -0.2) is 29.0 Å². The van der Waals surface area contributed by atoms with Crippen molar-refractivity contribution < 1.29 is 36.3 Å². The van der Waals surface area contributed by atoms with Gasteiger partial charge in [0.15, 0.2) is 5.60 Å². The molecule has 2 aliphatic rings. The maximum Gasteiger partial charge on any atom is 0.421 e. The van der Waals surface area contributed by atoms with Crippen LogP contribution in [0.25, 0.3) is 0 Å². The lowest BCUT2D eigenvalue weighted by atomic mass is 9.94. The average Bonchev–Trinajstić information content (AvgIpc) is 2.96. The minimum absolute atomic E-state index is 0.0295. The Labute approximate surface area is 172 Å². The number of pyridine rings is 1. The second kappa shape index (κ2) is 7.26. The number of alkyl halides is 3. The molecule has 0 saturated carbocycles. The number of hydrogen-bond acceptors (Lipinski definition) is 4. The van der Waals surface area contributed by atoms with Crippen LogP contribution in [0.15, 0.2) is 24.4 Å². The number of aryl methyl sites for hydroxylation is 1. The summed E-state index contributed by atoms with van der Waals surface area (Å²) in [4.78, 5) is 28.9. The van der Waals surface area contributed by atoms with Crippen molar-refractivity contribution in [1.82, 2.24) is 10.3 Å². The van der Waals surface area contributed by atoms with Crippen molar-refractivity contribution in [2.24, 2.45) is 0 Å². The van der Waals surface area contributed by atoms with Crippen LogP contribution in [0.1, 0.15) is 40.5 Å². The number of carbonyl (C=O) groups is 2. The van der Waals surface area contributed by atoms with Crippen LogP contribution in [0.5, 0.6) is 0 Å². The summed E-state index contributed by atoms with van der Waals surface area (Å²) in [6, 6.07) is 1.58. The Balaban J connectivity index is 1.55. The number of benzene rings is 1. The first-order valence-electron chi connectivity index (χ1n) is 9.29. The normalized spacial score (nSPS) is 22.9. The SMILES string of the molecule is C[C@]1(C(F)(F)F)OCc2cnc(C(=O)NC3CCc4cc(F)cc(F)c4NC3=O)cc21. The fourth-order valence-corrected chi connectivity index (χ4v) is 3.68. The molecule has 0 saturated heterocycles. The average molecular weight is 441 g/mol. The summed E-state index contributed by atoms with van der Waals surface area (Å²) < 4.78 is 72.7. The molecule has 2 atom stereocenters. The molecule has 4 rings (SSSR count). The van der Waals surface area contributed by atoms with E-state index in [2.05, 4.69) is 15.6 Å². The summed E-state index contributed by atoms with van der Waals surface area (Å²) in [6.07, 6.45) is -3.46. The van der Waals surface area contributed by atoms with Gasteiger partial charge in [-0.05, 0) is 37.5 Å². The summed E-state index contributed by atoms with van der Waals surface area (Å²) in [5.74, 6) is -3.36. The van der Waals surface area contributed by atoms with Gasteiger partial charge < -0.3 is 15.4 Å². The van der Waals surface area contributed by atoms with E-state index in [1.165, 1.54) is 0 Å². The second-order valence-electron chi connectivity index (χ2n) is 7.52. The Morgan fingerprint density at radius 3 is 2.71 bits per heavy atom. The van der Waals surface area contributed by atoms with Crippen LogP contribution in [0, 0.1) is 11.6 Å². The molecule has 0 bridgehead atoms. The van der Waals surface area contributed by atoms with Crippen LogP contribution in [0.2, 0.25) is 0 Å². The minimum atomic E-state index is -4.71. The topological polar surface area (TPSA) is 80.3 Å². The number of fused-ring (bicyclic) bond motifs is 2. The second-order valence-corrected chi connectivity index (χ2v) is 7.52. The molecule has 0 aliphatic carbocycles. The third-order valence-corrected chi connectivity index (χ3v) is 5.50. The number of amides is 2. The van der Waals surface area contributed by atoms with Crippen molar-refractivity contribution in [2.75, 3.05) is 5.32 Å². The molecular weight excluding hydrogens is 425 g/mol. The van der Waals surface area contributed by atoms with Gasteiger partial charge in [-0.1, -0.05) is 0 Å². The molecule has 11 heteroatoms. The number of ether oxygens (including phenoxy) is 1. The first kappa shape index (κ1) is 21.2. The lowest BCUT2D eigenvalue weighted by molar-refractivity contribution is -0.272. The number of nitrogens with zero attached hydrogens (tertiary/aromatic N) is 1. The van der Waals surface area contributed by atoms with E-state index in [9.17, 15) is 31.5 Å².